The van der Waals surface area contributed by atoms with E-state index in [1.165, 1.54) is 7.11 Å². The molecule has 6 heteroatoms. The van der Waals surface area contributed by atoms with Crippen molar-refractivity contribution in [3.8, 4) is 5.75 Å². The molecule has 0 radical (unpaired) electrons. The Morgan fingerprint density at radius 2 is 2.19 bits per heavy atom. The number of hydrogen-bond donors (Lipinski definition) is 1. The molecule has 2 N–H and O–H groups in total. The second-order valence-electron chi connectivity index (χ2n) is 5.60. The summed E-state index contributed by atoms with van der Waals surface area (Å²) in [7, 11) is -2.01. The van der Waals surface area contributed by atoms with Gasteiger partial charge in [0, 0.05) is 13.1 Å². The van der Waals surface area contributed by atoms with Crippen LogP contribution in [-0.4, -0.2) is 39.5 Å². The molecule has 1 saturated heterocycles. The average molecular weight is 312 g/mol. The van der Waals surface area contributed by atoms with Gasteiger partial charge in [-0.25, -0.2) is 8.42 Å². The number of sulfonamides is 1. The van der Waals surface area contributed by atoms with Crippen LogP contribution < -0.4 is 10.5 Å². The van der Waals surface area contributed by atoms with Crippen molar-refractivity contribution in [2.45, 2.75) is 31.1 Å². The predicted molar refractivity (Wildman–Crippen MR) is 82.9 cm³/mol. The summed E-state index contributed by atoms with van der Waals surface area (Å²) in [4.78, 5) is 0.262. The van der Waals surface area contributed by atoms with Gasteiger partial charge in [-0.05, 0) is 56.3 Å². The number of nitrogens with two attached hydrogens (primary N) is 1. The normalized spacial score (nSPS) is 20.4. The van der Waals surface area contributed by atoms with E-state index in [-0.39, 0.29) is 4.90 Å². The van der Waals surface area contributed by atoms with Gasteiger partial charge in [0.15, 0.2) is 0 Å². The molecule has 1 aliphatic heterocycles. The molecule has 1 heterocycles. The highest BCUT2D eigenvalue weighted by Crippen LogP contribution is 2.31. The molecule has 1 aliphatic rings. The Morgan fingerprint density at radius 1 is 1.43 bits per heavy atom. The molecule has 0 aliphatic carbocycles. The molecule has 1 aromatic carbocycles. The quantitative estimate of drug-likeness (QED) is 0.899. The van der Waals surface area contributed by atoms with Crippen LogP contribution in [0.1, 0.15) is 24.8 Å². The van der Waals surface area contributed by atoms with Crippen molar-refractivity contribution in [2.75, 3.05) is 26.7 Å². The monoisotopic (exact) mass is 312 g/mol. The van der Waals surface area contributed by atoms with E-state index in [1.54, 1.807) is 16.4 Å². The summed E-state index contributed by atoms with van der Waals surface area (Å²) in [6, 6.07) is 5.25. The first-order chi connectivity index (χ1) is 9.98. The van der Waals surface area contributed by atoms with Gasteiger partial charge in [0.25, 0.3) is 0 Å². The van der Waals surface area contributed by atoms with Crippen molar-refractivity contribution in [3.05, 3.63) is 23.8 Å². The second-order valence-corrected chi connectivity index (χ2v) is 7.51. The maximum absolute atomic E-state index is 12.9. The van der Waals surface area contributed by atoms with Crippen molar-refractivity contribution in [1.82, 2.24) is 4.31 Å². The largest absolute Gasteiger partial charge is 0.495 e. The van der Waals surface area contributed by atoms with Crippen LogP contribution in [-0.2, 0) is 10.0 Å². The Balaban J connectivity index is 2.31. The van der Waals surface area contributed by atoms with Gasteiger partial charge in [-0.1, -0.05) is 6.07 Å². The summed E-state index contributed by atoms with van der Waals surface area (Å²) in [6.07, 6.45) is 2.81. The van der Waals surface area contributed by atoms with Crippen LogP contribution in [0.2, 0.25) is 0 Å². The lowest BCUT2D eigenvalue weighted by Gasteiger charge is -2.32. The van der Waals surface area contributed by atoms with Crippen molar-refractivity contribution in [1.29, 1.82) is 0 Å². The number of benzene rings is 1. The maximum atomic E-state index is 12.9. The highest BCUT2D eigenvalue weighted by molar-refractivity contribution is 7.89. The minimum Gasteiger partial charge on any atom is -0.495 e. The molecule has 0 saturated carbocycles. The molecular formula is C15H24N2O3S. The molecule has 0 bridgehead atoms. The third kappa shape index (κ3) is 3.56. The van der Waals surface area contributed by atoms with Crippen LogP contribution in [0.5, 0.6) is 5.75 Å². The molecule has 0 aromatic heterocycles. The fourth-order valence-electron chi connectivity index (χ4n) is 2.84. The van der Waals surface area contributed by atoms with Crippen LogP contribution in [0.4, 0.5) is 0 Å². The zero-order valence-electron chi connectivity index (χ0n) is 12.7. The average Bonchev–Trinajstić information content (AvgIpc) is 2.48. The van der Waals surface area contributed by atoms with E-state index >= 15 is 0 Å². The molecule has 118 valence electrons. The number of methoxy groups -OCH3 is 1. The lowest BCUT2D eigenvalue weighted by atomic mass is 9.96. The van der Waals surface area contributed by atoms with E-state index in [0.29, 0.717) is 31.3 Å². The fourth-order valence-corrected chi connectivity index (χ4v) is 4.64. The number of rotatable bonds is 5. The summed E-state index contributed by atoms with van der Waals surface area (Å²) < 4.78 is 32.6. The Morgan fingerprint density at radius 3 is 2.86 bits per heavy atom. The Kier molecular flexibility index (Phi) is 5.24. The predicted octanol–water partition coefficient (Wildman–Crippen LogP) is 1.75. The van der Waals surface area contributed by atoms with Crippen molar-refractivity contribution < 1.29 is 13.2 Å². The molecule has 0 amide bonds. The smallest absolute Gasteiger partial charge is 0.246 e. The van der Waals surface area contributed by atoms with Crippen molar-refractivity contribution in [3.63, 3.8) is 0 Å². The van der Waals surface area contributed by atoms with Gasteiger partial charge < -0.3 is 10.5 Å². The summed E-state index contributed by atoms with van der Waals surface area (Å²) in [6.45, 7) is 3.61. The second kappa shape index (κ2) is 6.77. The molecule has 21 heavy (non-hydrogen) atoms. The van der Waals surface area contributed by atoms with Crippen LogP contribution in [0.3, 0.4) is 0 Å². The van der Waals surface area contributed by atoms with Gasteiger partial charge in [0.2, 0.25) is 10.0 Å². The van der Waals surface area contributed by atoms with Gasteiger partial charge in [-0.2, -0.15) is 4.31 Å². The van der Waals surface area contributed by atoms with E-state index in [9.17, 15) is 8.42 Å². The first kappa shape index (κ1) is 16.3. The topological polar surface area (TPSA) is 72.6 Å². The van der Waals surface area contributed by atoms with Gasteiger partial charge in [-0.3, -0.25) is 0 Å². The van der Waals surface area contributed by atoms with Crippen LogP contribution in [0.15, 0.2) is 23.1 Å². The minimum absolute atomic E-state index is 0.262. The zero-order chi connectivity index (χ0) is 15.5. The minimum atomic E-state index is -3.51. The van der Waals surface area contributed by atoms with E-state index < -0.39 is 10.0 Å². The highest BCUT2D eigenvalue weighted by Gasteiger charge is 2.32. The lowest BCUT2D eigenvalue weighted by molar-refractivity contribution is 0.257. The Bertz CT molecular complexity index is 585. The third-order valence-corrected chi connectivity index (χ3v) is 5.88. The van der Waals surface area contributed by atoms with Gasteiger partial charge in [0.1, 0.15) is 10.6 Å². The lowest BCUT2D eigenvalue weighted by Crippen LogP contribution is -2.40. The van der Waals surface area contributed by atoms with Crippen molar-refractivity contribution >= 4 is 10.0 Å². The number of nitrogens with zero attached hydrogens (tertiary/aromatic N) is 1. The van der Waals surface area contributed by atoms with Crippen LogP contribution in [0, 0.1) is 12.8 Å². The van der Waals surface area contributed by atoms with Crippen molar-refractivity contribution in [2.24, 2.45) is 11.7 Å². The van der Waals surface area contributed by atoms with E-state index in [4.69, 9.17) is 10.5 Å². The maximum Gasteiger partial charge on any atom is 0.246 e. The van der Waals surface area contributed by atoms with Gasteiger partial charge >= 0.3 is 0 Å². The SMILES string of the molecule is COc1ccc(C)cc1S(=O)(=O)N1CCCC(CCN)C1. The zero-order valence-corrected chi connectivity index (χ0v) is 13.5. The summed E-state index contributed by atoms with van der Waals surface area (Å²) in [5.74, 6) is 0.760. The molecular weight excluding hydrogens is 288 g/mol. The molecule has 1 fully saturated rings. The third-order valence-electron chi connectivity index (χ3n) is 3.99. The first-order valence-corrected chi connectivity index (χ1v) is 8.78. The molecule has 0 spiro atoms. The van der Waals surface area contributed by atoms with Crippen LogP contribution in [0.25, 0.3) is 0 Å². The number of hydrogen-bond acceptors (Lipinski definition) is 4. The van der Waals surface area contributed by atoms with E-state index in [2.05, 4.69) is 0 Å². The van der Waals surface area contributed by atoms with Crippen LogP contribution >= 0.6 is 0 Å². The molecule has 1 atom stereocenters. The van der Waals surface area contributed by atoms with E-state index in [1.807, 2.05) is 13.0 Å². The number of aryl methyl sites for hydroxylation is 1. The summed E-state index contributed by atoms with van der Waals surface area (Å²) >= 11 is 0. The Hall–Kier alpha value is -1.11. The van der Waals surface area contributed by atoms with Gasteiger partial charge in [0.05, 0.1) is 7.11 Å². The molecule has 5 nitrogen and oxygen atoms in total. The number of ether oxygens (including phenoxy) is 1. The summed E-state index contributed by atoms with van der Waals surface area (Å²) in [5.41, 5.74) is 6.51. The summed E-state index contributed by atoms with van der Waals surface area (Å²) in [5, 5.41) is 0. The standard InChI is InChI=1S/C15H24N2O3S/c1-12-5-6-14(20-2)15(10-12)21(18,19)17-9-3-4-13(11-17)7-8-16/h5-6,10,13H,3-4,7-9,11,16H2,1-2H3. The Labute approximate surface area is 127 Å². The highest BCUT2D eigenvalue weighted by atomic mass is 32.2. The number of piperidine rings is 1. The van der Waals surface area contributed by atoms with E-state index in [0.717, 1.165) is 24.8 Å². The molecule has 2 rings (SSSR count). The fraction of sp³-hybridized carbons (Fsp3) is 0.600. The molecule has 1 aromatic rings. The van der Waals surface area contributed by atoms with Gasteiger partial charge in [-0.15, -0.1) is 0 Å². The first-order valence-electron chi connectivity index (χ1n) is 7.34. The molecule has 1 unspecified atom stereocenters.